The van der Waals surface area contributed by atoms with Crippen molar-refractivity contribution in [2.24, 2.45) is 5.92 Å². The predicted octanol–water partition coefficient (Wildman–Crippen LogP) is 1.55. The molecule has 0 saturated heterocycles. The van der Waals surface area contributed by atoms with Gasteiger partial charge in [0.25, 0.3) is 0 Å². The van der Waals surface area contributed by atoms with Crippen LogP contribution in [0.5, 0.6) is 0 Å². The van der Waals surface area contributed by atoms with Gasteiger partial charge in [0.05, 0.1) is 6.10 Å². The third kappa shape index (κ3) is 3.69. The first-order valence-corrected chi connectivity index (χ1v) is 3.47. The van der Waals surface area contributed by atoms with Gasteiger partial charge in [0, 0.05) is 32.7 Å². The van der Waals surface area contributed by atoms with Gasteiger partial charge in [0.2, 0.25) is 0 Å². The van der Waals surface area contributed by atoms with Crippen molar-refractivity contribution < 1.29 is 37.8 Å². The van der Waals surface area contributed by atoms with Gasteiger partial charge in [0.1, 0.15) is 0 Å². The molecule has 0 aliphatic heterocycles. The average molecular weight is 203 g/mol. The van der Waals surface area contributed by atoms with E-state index in [0.29, 0.717) is 0 Å². The Balaban J connectivity index is 0.000000640. The van der Waals surface area contributed by atoms with Gasteiger partial charge < -0.3 is 5.11 Å². The number of rotatable bonds is 0. The summed E-state index contributed by atoms with van der Waals surface area (Å²) < 4.78 is 0. The summed E-state index contributed by atoms with van der Waals surface area (Å²) in [7, 11) is 0. The Morgan fingerprint density at radius 2 is 1.56 bits per heavy atom. The molecule has 1 N–H and O–H groups in total. The Morgan fingerprint density at radius 3 is 1.89 bits per heavy atom. The zero-order valence-electron chi connectivity index (χ0n) is 6.01. The van der Waals surface area contributed by atoms with Gasteiger partial charge in [-0.25, -0.2) is 0 Å². The van der Waals surface area contributed by atoms with Crippen molar-refractivity contribution in [3.8, 4) is 0 Å². The fourth-order valence-corrected chi connectivity index (χ4v) is 1.24. The second-order valence-electron chi connectivity index (χ2n) is 2.91. The summed E-state index contributed by atoms with van der Waals surface area (Å²) in [5.74, 6) is 0.860. The first-order chi connectivity index (χ1) is 3.79. The van der Waals surface area contributed by atoms with Crippen LogP contribution in [0, 0.1) is 5.92 Å². The van der Waals surface area contributed by atoms with Gasteiger partial charge in [0.15, 0.2) is 0 Å². The van der Waals surface area contributed by atoms with Crippen LogP contribution in [0.3, 0.4) is 0 Å². The second kappa shape index (κ2) is 4.81. The number of hydrogen-bond donors (Lipinski definition) is 1. The molecule has 2 heteroatoms. The topological polar surface area (TPSA) is 20.2 Å². The summed E-state index contributed by atoms with van der Waals surface area (Å²) in [5.41, 5.74) is 0. The van der Waals surface area contributed by atoms with Crippen molar-refractivity contribution in [1.29, 1.82) is 0 Å². The van der Waals surface area contributed by atoms with E-state index in [1.54, 1.807) is 0 Å². The monoisotopic (exact) mass is 203 g/mol. The van der Waals surface area contributed by atoms with E-state index in [9.17, 15) is 0 Å². The molecule has 0 aromatic heterocycles. The molecule has 0 bridgehead atoms. The molecular formula is C7H14OY. The SMILES string of the molecule is CC1CCC(O)CC1.[Y]. The molecule has 1 nitrogen and oxygen atoms in total. The van der Waals surface area contributed by atoms with Crippen LogP contribution >= 0.6 is 0 Å². The van der Waals surface area contributed by atoms with E-state index < -0.39 is 0 Å². The molecule has 0 spiro atoms. The maximum atomic E-state index is 9.03. The summed E-state index contributed by atoms with van der Waals surface area (Å²) >= 11 is 0. The number of aliphatic hydroxyl groups is 1. The molecular weight excluding hydrogens is 189 g/mol. The van der Waals surface area contributed by atoms with Crippen LogP contribution in [0.4, 0.5) is 0 Å². The molecule has 1 rings (SSSR count). The molecule has 0 amide bonds. The summed E-state index contributed by atoms with van der Waals surface area (Å²) in [6.07, 6.45) is 4.52. The normalized spacial score (nSPS) is 35.3. The van der Waals surface area contributed by atoms with Gasteiger partial charge in [-0.15, -0.1) is 0 Å². The van der Waals surface area contributed by atoms with Crippen LogP contribution in [0.15, 0.2) is 0 Å². The zero-order valence-corrected chi connectivity index (χ0v) is 8.85. The first kappa shape index (κ1) is 10.1. The van der Waals surface area contributed by atoms with Gasteiger partial charge in [-0.05, 0) is 31.6 Å². The van der Waals surface area contributed by atoms with E-state index in [2.05, 4.69) is 6.92 Å². The molecule has 0 heterocycles. The predicted molar refractivity (Wildman–Crippen MR) is 33.6 cm³/mol. The molecule has 1 fully saturated rings. The van der Waals surface area contributed by atoms with Gasteiger partial charge >= 0.3 is 0 Å². The van der Waals surface area contributed by atoms with Crippen molar-refractivity contribution in [2.45, 2.75) is 38.7 Å². The minimum absolute atomic E-state index is 0. The van der Waals surface area contributed by atoms with E-state index in [1.165, 1.54) is 12.8 Å². The quantitative estimate of drug-likeness (QED) is 0.633. The Labute approximate surface area is 82.1 Å². The largest absolute Gasteiger partial charge is 0.393 e. The van der Waals surface area contributed by atoms with E-state index >= 15 is 0 Å². The molecule has 0 aromatic rings. The van der Waals surface area contributed by atoms with Crippen LogP contribution in [0.1, 0.15) is 32.6 Å². The molecule has 0 unspecified atom stereocenters. The van der Waals surface area contributed by atoms with Crippen molar-refractivity contribution in [3.63, 3.8) is 0 Å². The third-order valence-corrected chi connectivity index (χ3v) is 1.99. The summed E-state index contributed by atoms with van der Waals surface area (Å²) in [4.78, 5) is 0. The van der Waals surface area contributed by atoms with Gasteiger partial charge in [-0.2, -0.15) is 0 Å². The van der Waals surface area contributed by atoms with Gasteiger partial charge in [-0.3, -0.25) is 0 Å². The fraction of sp³-hybridized carbons (Fsp3) is 1.00. The summed E-state index contributed by atoms with van der Waals surface area (Å²) in [6, 6.07) is 0. The Morgan fingerprint density at radius 1 is 1.11 bits per heavy atom. The summed E-state index contributed by atoms with van der Waals surface area (Å²) in [6.45, 7) is 2.26. The van der Waals surface area contributed by atoms with Crippen LogP contribution in [-0.4, -0.2) is 11.2 Å². The van der Waals surface area contributed by atoms with Crippen molar-refractivity contribution in [2.75, 3.05) is 0 Å². The van der Waals surface area contributed by atoms with Crippen LogP contribution in [0.2, 0.25) is 0 Å². The minimum Gasteiger partial charge on any atom is -0.393 e. The maximum absolute atomic E-state index is 9.03. The van der Waals surface area contributed by atoms with Crippen LogP contribution in [0.25, 0.3) is 0 Å². The fourth-order valence-electron chi connectivity index (χ4n) is 1.24. The van der Waals surface area contributed by atoms with Crippen molar-refractivity contribution in [3.05, 3.63) is 0 Å². The van der Waals surface area contributed by atoms with Crippen LogP contribution in [-0.2, 0) is 32.7 Å². The average Bonchev–Trinajstić information content (AvgIpc) is 1.77. The minimum atomic E-state index is 0. The van der Waals surface area contributed by atoms with Gasteiger partial charge in [-0.1, -0.05) is 6.92 Å². The van der Waals surface area contributed by atoms with E-state index in [4.69, 9.17) is 5.11 Å². The summed E-state index contributed by atoms with van der Waals surface area (Å²) in [5, 5.41) is 9.03. The molecule has 1 radical (unpaired) electrons. The third-order valence-electron chi connectivity index (χ3n) is 1.99. The molecule has 1 aliphatic carbocycles. The van der Waals surface area contributed by atoms with E-state index in [0.717, 1.165) is 18.8 Å². The molecule has 51 valence electrons. The first-order valence-electron chi connectivity index (χ1n) is 3.47. The molecule has 1 aliphatic rings. The number of aliphatic hydroxyl groups excluding tert-OH is 1. The van der Waals surface area contributed by atoms with E-state index in [1.807, 2.05) is 0 Å². The second-order valence-corrected chi connectivity index (χ2v) is 2.91. The Hall–Kier alpha value is 1.06. The van der Waals surface area contributed by atoms with E-state index in [-0.39, 0.29) is 38.8 Å². The number of hydrogen-bond acceptors (Lipinski definition) is 1. The van der Waals surface area contributed by atoms with Crippen molar-refractivity contribution in [1.82, 2.24) is 0 Å². The molecule has 0 aromatic carbocycles. The zero-order chi connectivity index (χ0) is 5.98. The Kier molecular flexibility index (Phi) is 5.38. The smallest absolute Gasteiger partial charge is 0.0540 e. The standard InChI is InChI=1S/C7H14O.Y/c1-6-2-4-7(8)5-3-6;/h6-8H,2-5H2,1H3;. The van der Waals surface area contributed by atoms with Crippen LogP contribution < -0.4 is 0 Å². The Bertz CT molecular complexity index is 57.3. The van der Waals surface area contributed by atoms with Crippen molar-refractivity contribution >= 4 is 0 Å². The molecule has 9 heavy (non-hydrogen) atoms. The molecule has 1 saturated carbocycles. The molecule has 0 atom stereocenters. The maximum Gasteiger partial charge on any atom is 0.0540 e.